The molecule has 2 aliphatic rings. The molecule has 82 valence electrons. The van der Waals surface area contributed by atoms with Crippen molar-refractivity contribution in [1.29, 1.82) is 0 Å². The van der Waals surface area contributed by atoms with Crippen LogP contribution in [0, 0.1) is 5.92 Å². The predicted molar refractivity (Wildman–Crippen MR) is 55.2 cm³/mol. The number of aliphatic hydroxyl groups is 1. The minimum Gasteiger partial charge on any atom is -0.389 e. The number of hydrogen-bond acceptors (Lipinski definition) is 3. The van der Waals surface area contributed by atoms with Gasteiger partial charge in [0.05, 0.1) is 12.2 Å². The van der Waals surface area contributed by atoms with Gasteiger partial charge in [-0.2, -0.15) is 0 Å². The first kappa shape index (κ1) is 10.4. The third-order valence-corrected chi connectivity index (χ3v) is 3.51. The van der Waals surface area contributed by atoms with Crippen molar-refractivity contribution in [2.24, 2.45) is 5.92 Å². The van der Waals surface area contributed by atoms with Gasteiger partial charge in [0.25, 0.3) is 0 Å². The fraction of sp³-hybridized carbons (Fsp3) is 1.00. The topological polar surface area (TPSA) is 41.5 Å². The molecular formula is C11H21NO2. The van der Waals surface area contributed by atoms with Crippen LogP contribution < -0.4 is 5.32 Å². The predicted octanol–water partition coefficient (Wildman–Crippen LogP) is 0.916. The first-order chi connectivity index (χ1) is 6.73. The molecule has 0 aliphatic heterocycles. The Morgan fingerprint density at radius 3 is 2.64 bits per heavy atom. The molecule has 0 bridgehead atoms. The quantitative estimate of drug-likeness (QED) is 0.668. The molecule has 2 fully saturated rings. The molecule has 2 aliphatic carbocycles. The largest absolute Gasteiger partial charge is 0.389 e. The smallest absolute Gasteiger partial charge is 0.0771 e. The van der Waals surface area contributed by atoms with Gasteiger partial charge in [0, 0.05) is 19.7 Å². The van der Waals surface area contributed by atoms with Crippen LogP contribution in [0.25, 0.3) is 0 Å². The molecule has 2 N–H and O–H groups in total. The van der Waals surface area contributed by atoms with E-state index in [1.165, 1.54) is 19.3 Å². The van der Waals surface area contributed by atoms with Crippen molar-refractivity contribution >= 4 is 0 Å². The van der Waals surface area contributed by atoms with Crippen LogP contribution in [-0.4, -0.2) is 37.0 Å². The van der Waals surface area contributed by atoms with E-state index >= 15 is 0 Å². The third kappa shape index (κ3) is 2.47. The van der Waals surface area contributed by atoms with Crippen molar-refractivity contribution in [3.05, 3.63) is 0 Å². The lowest BCUT2D eigenvalue weighted by Crippen LogP contribution is -2.50. The van der Waals surface area contributed by atoms with Gasteiger partial charge in [-0.1, -0.05) is 0 Å². The van der Waals surface area contributed by atoms with Gasteiger partial charge in [-0.25, -0.2) is 0 Å². The van der Waals surface area contributed by atoms with Gasteiger partial charge < -0.3 is 15.2 Å². The summed E-state index contributed by atoms with van der Waals surface area (Å²) in [5.41, 5.74) is -0.402. The average Bonchev–Trinajstić information content (AvgIpc) is 2.92. The highest BCUT2D eigenvalue weighted by Gasteiger charge is 2.37. The summed E-state index contributed by atoms with van der Waals surface area (Å²) in [7, 11) is 1.75. The van der Waals surface area contributed by atoms with Crippen LogP contribution in [0.1, 0.15) is 32.1 Å². The van der Waals surface area contributed by atoms with Crippen LogP contribution in [0.3, 0.4) is 0 Å². The van der Waals surface area contributed by atoms with E-state index in [9.17, 15) is 5.11 Å². The molecular weight excluding hydrogens is 178 g/mol. The van der Waals surface area contributed by atoms with Crippen molar-refractivity contribution in [2.75, 3.05) is 20.3 Å². The second kappa shape index (κ2) is 4.17. The van der Waals surface area contributed by atoms with Crippen LogP contribution >= 0.6 is 0 Å². The molecule has 2 saturated carbocycles. The molecule has 0 amide bonds. The maximum absolute atomic E-state index is 9.93. The summed E-state index contributed by atoms with van der Waals surface area (Å²) in [5, 5.41) is 13.4. The van der Waals surface area contributed by atoms with Crippen LogP contribution in [0.2, 0.25) is 0 Å². The number of nitrogens with one attached hydrogen (secondary N) is 1. The van der Waals surface area contributed by atoms with Gasteiger partial charge in [-0.15, -0.1) is 0 Å². The summed E-state index contributed by atoms with van der Waals surface area (Å²) in [6.07, 6.45) is 5.74. The molecule has 0 aromatic rings. The summed E-state index contributed by atoms with van der Waals surface area (Å²) in [5.74, 6) is 0.790. The van der Waals surface area contributed by atoms with Crippen molar-refractivity contribution in [3.8, 4) is 0 Å². The third-order valence-electron chi connectivity index (χ3n) is 3.51. The zero-order valence-electron chi connectivity index (χ0n) is 8.96. The molecule has 14 heavy (non-hydrogen) atoms. The summed E-state index contributed by atoms with van der Waals surface area (Å²) in [6.45, 7) is 1.53. The fourth-order valence-corrected chi connectivity index (χ4v) is 2.12. The van der Waals surface area contributed by atoms with Crippen molar-refractivity contribution in [3.63, 3.8) is 0 Å². The Balaban J connectivity index is 1.70. The molecule has 3 nitrogen and oxygen atoms in total. The molecule has 3 heteroatoms. The number of ether oxygens (including phenoxy) is 1. The summed E-state index contributed by atoms with van der Waals surface area (Å²) < 4.78 is 5.18. The van der Waals surface area contributed by atoms with E-state index in [2.05, 4.69) is 5.32 Å². The van der Waals surface area contributed by atoms with Crippen molar-refractivity contribution < 1.29 is 9.84 Å². The average molecular weight is 199 g/mol. The molecule has 0 saturated heterocycles. The maximum Gasteiger partial charge on any atom is 0.0771 e. The van der Waals surface area contributed by atoms with Crippen LogP contribution in [0.15, 0.2) is 0 Å². The highest BCUT2D eigenvalue weighted by atomic mass is 16.5. The lowest BCUT2D eigenvalue weighted by molar-refractivity contribution is -0.0354. The Hall–Kier alpha value is -0.120. The molecule has 0 heterocycles. The van der Waals surface area contributed by atoms with E-state index in [-0.39, 0.29) is 0 Å². The highest BCUT2D eigenvalue weighted by Crippen LogP contribution is 2.34. The van der Waals surface area contributed by atoms with E-state index in [1.807, 2.05) is 0 Å². The van der Waals surface area contributed by atoms with E-state index in [4.69, 9.17) is 4.74 Å². The first-order valence-corrected chi connectivity index (χ1v) is 5.68. The Morgan fingerprint density at radius 1 is 1.50 bits per heavy atom. The first-order valence-electron chi connectivity index (χ1n) is 5.68. The van der Waals surface area contributed by atoms with E-state index in [0.29, 0.717) is 6.04 Å². The fourth-order valence-electron chi connectivity index (χ4n) is 2.12. The zero-order valence-corrected chi connectivity index (χ0v) is 8.96. The van der Waals surface area contributed by atoms with Gasteiger partial charge in [-0.3, -0.25) is 0 Å². The lowest BCUT2D eigenvalue weighted by atomic mass is 9.80. The second-order valence-electron chi connectivity index (χ2n) is 4.86. The summed E-state index contributed by atoms with van der Waals surface area (Å²) >= 11 is 0. The van der Waals surface area contributed by atoms with Gasteiger partial charge in [-0.05, 0) is 38.0 Å². The maximum atomic E-state index is 9.93. The minimum absolute atomic E-state index is 0.402. The van der Waals surface area contributed by atoms with E-state index < -0.39 is 5.60 Å². The van der Waals surface area contributed by atoms with Crippen LogP contribution in [0.5, 0.6) is 0 Å². The molecule has 1 unspecified atom stereocenters. The number of rotatable bonds is 6. The molecule has 2 rings (SSSR count). The number of methoxy groups -OCH3 is 1. The normalized spacial score (nSPS) is 27.0. The van der Waals surface area contributed by atoms with E-state index in [1.54, 1.807) is 7.11 Å². The van der Waals surface area contributed by atoms with Gasteiger partial charge in [0.2, 0.25) is 0 Å². The number of hydrogen-bond donors (Lipinski definition) is 2. The van der Waals surface area contributed by atoms with Gasteiger partial charge in [0.1, 0.15) is 0 Å². The Labute approximate surface area is 85.8 Å². The minimum atomic E-state index is -0.402. The monoisotopic (exact) mass is 199 g/mol. The Kier molecular flexibility index (Phi) is 3.10. The SMILES string of the molecule is COCC(NCC1(O)CCC1)C1CC1. The summed E-state index contributed by atoms with van der Waals surface area (Å²) in [4.78, 5) is 0. The van der Waals surface area contributed by atoms with Gasteiger partial charge >= 0.3 is 0 Å². The van der Waals surface area contributed by atoms with Crippen molar-refractivity contribution in [2.45, 2.75) is 43.7 Å². The molecule has 0 spiro atoms. The second-order valence-corrected chi connectivity index (χ2v) is 4.86. The molecule has 1 atom stereocenters. The molecule has 0 aromatic carbocycles. The molecule has 0 radical (unpaired) electrons. The molecule has 0 aromatic heterocycles. The summed E-state index contributed by atoms with van der Waals surface area (Å²) in [6, 6.07) is 0.463. The van der Waals surface area contributed by atoms with E-state index in [0.717, 1.165) is 31.9 Å². The zero-order chi connectivity index (χ0) is 10.0. The standard InChI is InChI=1S/C11H21NO2/c1-14-7-10(9-3-4-9)12-8-11(13)5-2-6-11/h9-10,12-13H,2-8H2,1H3. The lowest BCUT2D eigenvalue weighted by Gasteiger charge is -2.38. The Morgan fingerprint density at radius 2 is 2.21 bits per heavy atom. The van der Waals surface area contributed by atoms with Crippen LogP contribution in [-0.2, 0) is 4.74 Å². The Bertz CT molecular complexity index is 188. The highest BCUT2D eigenvalue weighted by molar-refractivity contribution is 4.93. The van der Waals surface area contributed by atoms with Crippen LogP contribution in [0.4, 0.5) is 0 Å². The van der Waals surface area contributed by atoms with Crippen molar-refractivity contribution in [1.82, 2.24) is 5.32 Å². The van der Waals surface area contributed by atoms with Gasteiger partial charge in [0.15, 0.2) is 0 Å².